The molecule has 0 spiro atoms. The summed E-state index contributed by atoms with van der Waals surface area (Å²) >= 11 is 0.777. The van der Waals surface area contributed by atoms with E-state index in [1.165, 1.54) is 12.1 Å². The van der Waals surface area contributed by atoms with Crippen LogP contribution in [0.25, 0.3) is 0 Å². The number of esters is 1. The Labute approximate surface area is 329 Å². The van der Waals surface area contributed by atoms with Crippen LogP contribution < -0.4 is 20.2 Å². The Bertz CT molecular complexity index is 1780. The average molecular weight is 831 g/mol. The maximum absolute atomic E-state index is 16.6. The van der Waals surface area contributed by atoms with Crippen molar-refractivity contribution in [1.82, 2.24) is 14.6 Å². The largest absolute Gasteiger partial charge is 0.509 e. The highest BCUT2D eigenvalue weighted by atomic mass is 32.2. The summed E-state index contributed by atoms with van der Waals surface area (Å²) in [5.41, 5.74) is -4.21. The summed E-state index contributed by atoms with van der Waals surface area (Å²) < 4.78 is 69.6. The molecule has 1 aliphatic rings. The highest BCUT2D eigenvalue weighted by Crippen LogP contribution is 2.50. The monoisotopic (exact) mass is 830 g/mol. The number of halogens is 1. The van der Waals surface area contributed by atoms with Crippen molar-refractivity contribution < 1.29 is 60.9 Å². The molecule has 1 aromatic heterocycles. The van der Waals surface area contributed by atoms with Crippen molar-refractivity contribution in [3.8, 4) is 5.75 Å². The van der Waals surface area contributed by atoms with Crippen LogP contribution in [-0.2, 0) is 37.6 Å². The number of amides is 2. The van der Waals surface area contributed by atoms with Crippen LogP contribution in [0.3, 0.4) is 0 Å². The molecule has 1 fully saturated rings. The van der Waals surface area contributed by atoms with Gasteiger partial charge in [0.05, 0.1) is 19.0 Å². The predicted molar refractivity (Wildman–Crippen MR) is 204 cm³/mol. The molecule has 3 rings (SSSR count). The second-order valence-corrected chi connectivity index (χ2v) is 19.0. The fourth-order valence-corrected chi connectivity index (χ4v) is 8.07. The van der Waals surface area contributed by atoms with E-state index in [1.807, 2.05) is 0 Å². The van der Waals surface area contributed by atoms with E-state index in [-0.39, 0.29) is 5.75 Å². The Morgan fingerprint density at radius 1 is 0.929 bits per heavy atom. The van der Waals surface area contributed by atoms with Crippen molar-refractivity contribution in [2.45, 2.75) is 122 Å². The number of ether oxygens (including phenoxy) is 5. The van der Waals surface area contributed by atoms with Crippen LogP contribution in [-0.4, -0.2) is 87.9 Å². The Morgan fingerprint density at radius 3 is 1.96 bits per heavy atom. The number of carbonyl (C=O) groups is 4. The third kappa shape index (κ3) is 13.5. The van der Waals surface area contributed by atoms with Gasteiger partial charge in [-0.15, -0.1) is 11.8 Å². The van der Waals surface area contributed by atoms with E-state index in [2.05, 4.69) is 10.1 Å². The average Bonchev–Trinajstić information content (AvgIpc) is 3.34. The number of para-hydroxylation sites is 1. The van der Waals surface area contributed by atoms with Gasteiger partial charge in [-0.1, -0.05) is 32.0 Å². The number of hydrogen-bond donors (Lipinski definition) is 1. The lowest BCUT2D eigenvalue weighted by Gasteiger charge is -2.28. The SMILES string of the molecule is COC(=O)C(NP(=O)(OC[C@H]1S[C@@H](n2ccc(N(C(=O)OC(C)(C)C)C(=O)OC(C)(C)C)nc2=O)[C@@H](F)[C@@H]1OC(=O)OC(C)(C)C)Oc1ccccc1)C(C)C. The number of anilines is 1. The van der Waals surface area contributed by atoms with E-state index in [4.69, 9.17) is 32.7 Å². The van der Waals surface area contributed by atoms with E-state index in [0.717, 1.165) is 35.7 Å². The van der Waals surface area contributed by atoms with Gasteiger partial charge in [0.15, 0.2) is 18.1 Å². The molecule has 0 radical (unpaired) electrons. The summed E-state index contributed by atoms with van der Waals surface area (Å²) in [4.78, 5) is 69.7. The number of imide groups is 1. The lowest BCUT2D eigenvalue weighted by Crippen LogP contribution is -2.45. The maximum atomic E-state index is 16.6. The van der Waals surface area contributed by atoms with Gasteiger partial charge in [0.1, 0.15) is 34.0 Å². The van der Waals surface area contributed by atoms with Gasteiger partial charge >= 0.3 is 37.7 Å². The highest BCUT2D eigenvalue weighted by molar-refractivity contribution is 8.00. The molecule has 2 aromatic rings. The Kier molecular flexibility index (Phi) is 15.2. The number of carbonyl (C=O) groups excluding carboxylic acids is 4. The van der Waals surface area contributed by atoms with E-state index in [1.54, 1.807) is 94.4 Å². The standard InChI is InChI=1S/C36H52FN4O13PS/c1-21(2)26(29(42)48-12)39-55(47,54-22-16-14-13-15-17-22)49-20-23-27(50-33(46)53-36(9,10)11)25(37)28(56-23)40-19-18-24(38-30(40)43)41(31(44)51-34(3,4)5)32(45)52-35(6,7)8/h13-19,21,23,25-28H,20H2,1-12H3,(H,39,47)/t23-,25+,26?,27-,28-,55?/m1/s1. The first-order valence-corrected chi connectivity index (χ1v) is 20.1. The fourth-order valence-electron chi connectivity index (χ4n) is 4.83. The molecule has 6 atom stereocenters. The maximum Gasteiger partial charge on any atom is 0.509 e. The lowest BCUT2D eigenvalue weighted by atomic mass is 10.1. The summed E-state index contributed by atoms with van der Waals surface area (Å²) in [5, 5.41) is 0.0121. The fraction of sp³-hybridized carbons (Fsp3) is 0.611. The van der Waals surface area contributed by atoms with Crippen molar-refractivity contribution >= 4 is 49.6 Å². The molecule has 2 unspecified atom stereocenters. The van der Waals surface area contributed by atoms with Gasteiger partial charge in [0, 0.05) is 6.20 Å². The summed E-state index contributed by atoms with van der Waals surface area (Å²) in [5.74, 6) is -1.56. The van der Waals surface area contributed by atoms with Crippen LogP contribution in [0.2, 0.25) is 0 Å². The molecule has 2 heterocycles. The summed E-state index contributed by atoms with van der Waals surface area (Å²) in [6, 6.07) is 7.89. The smallest absolute Gasteiger partial charge is 0.468 e. The quantitative estimate of drug-likeness (QED) is 0.128. The third-order valence-electron chi connectivity index (χ3n) is 7.16. The number of alkyl halides is 1. The summed E-state index contributed by atoms with van der Waals surface area (Å²) in [7, 11) is -3.32. The Morgan fingerprint density at radius 2 is 1.48 bits per heavy atom. The number of aromatic nitrogens is 2. The lowest BCUT2D eigenvalue weighted by molar-refractivity contribution is -0.143. The minimum Gasteiger partial charge on any atom is -0.468 e. The van der Waals surface area contributed by atoms with Gasteiger partial charge in [-0.2, -0.15) is 15.0 Å². The first-order valence-electron chi connectivity index (χ1n) is 17.6. The molecule has 1 aromatic carbocycles. The first kappa shape index (κ1) is 46.2. The second-order valence-electron chi connectivity index (χ2n) is 15.9. The Hall–Kier alpha value is -4.19. The number of rotatable bonds is 12. The minimum atomic E-state index is -4.49. The zero-order valence-electron chi connectivity index (χ0n) is 33.6. The van der Waals surface area contributed by atoms with E-state index < -0.39 is 102 Å². The topological polar surface area (TPSA) is 200 Å². The third-order valence-corrected chi connectivity index (χ3v) is 10.2. The summed E-state index contributed by atoms with van der Waals surface area (Å²) in [6.07, 6.45) is -6.27. The van der Waals surface area contributed by atoms with Crippen molar-refractivity contribution in [3.63, 3.8) is 0 Å². The molecule has 1 aliphatic heterocycles. The zero-order chi connectivity index (χ0) is 42.4. The molecule has 56 heavy (non-hydrogen) atoms. The van der Waals surface area contributed by atoms with Gasteiger partial charge in [0.25, 0.3) is 0 Å². The second kappa shape index (κ2) is 18.4. The van der Waals surface area contributed by atoms with Crippen LogP contribution in [0, 0.1) is 5.92 Å². The van der Waals surface area contributed by atoms with Crippen molar-refractivity contribution in [1.29, 1.82) is 0 Å². The molecule has 312 valence electrons. The van der Waals surface area contributed by atoms with Gasteiger partial charge in [0.2, 0.25) is 0 Å². The zero-order valence-corrected chi connectivity index (χ0v) is 35.3. The van der Waals surface area contributed by atoms with Crippen LogP contribution in [0.4, 0.5) is 24.6 Å². The summed E-state index contributed by atoms with van der Waals surface area (Å²) in [6.45, 7) is 16.9. The molecule has 0 saturated carbocycles. The van der Waals surface area contributed by atoms with Crippen molar-refractivity contribution in [3.05, 3.63) is 53.1 Å². The van der Waals surface area contributed by atoms with E-state index >= 15 is 4.39 Å². The van der Waals surface area contributed by atoms with Gasteiger partial charge in [-0.05, 0) is 86.4 Å². The molecule has 1 N–H and O–H groups in total. The van der Waals surface area contributed by atoms with Crippen LogP contribution >= 0.6 is 19.5 Å². The molecule has 20 heteroatoms. The number of nitrogens with one attached hydrogen (secondary N) is 1. The predicted octanol–water partition coefficient (Wildman–Crippen LogP) is 7.18. The molecule has 1 saturated heterocycles. The number of nitrogens with zero attached hydrogens (tertiary/aromatic N) is 3. The van der Waals surface area contributed by atoms with E-state index in [9.17, 15) is 28.5 Å². The highest BCUT2D eigenvalue weighted by Gasteiger charge is 2.50. The van der Waals surface area contributed by atoms with Crippen LogP contribution in [0.1, 0.15) is 81.5 Å². The van der Waals surface area contributed by atoms with Crippen LogP contribution in [0.5, 0.6) is 5.75 Å². The minimum absolute atomic E-state index is 0.113. The first-order chi connectivity index (χ1) is 25.7. The van der Waals surface area contributed by atoms with Gasteiger partial charge in [-0.25, -0.2) is 28.1 Å². The molecular weight excluding hydrogens is 778 g/mol. The van der Waals surface area contributed by atoms with Crippen molar-refractivity contribution in [2.24, 2.45) is 5.92 Å². The van der Waals surface area contributed by atoms with E-state index in [0.29, 0.717) is 4.90 Å². The molecule has 2 amide bonds. The Balaban J connectivity index is 2.03. The number of thioether (sulfide) groups is 1. The molecule has 17 nitrogen and oxygen atoms in total. The number of hydrogen-bond acceptors (Lipinski definition) is 15. The number of benzene rings is 1. The number of methoxy groups -OCH3 is 1. The van der Waals surface area contributed by atoms with Gasteiger partial charge < -0.3 is 28.2 Å². The van der Waals surface area contributed by atoms with Gasteiger partial charge in [-0.3, -0.25) is 13.9 Å². The molecule has 0 aliphatic carbocycles. The molecular formula is C36H52FN4O13PS. The van der Waals surface area contributed by atoms with Crippen molar-refractivity contribution in [2.75, 3.05) is 18.6 Å². The normalized spacial score (nSPS) is 20.3. The molecule has 0 bridgehead atoms. The van der Waals surface area contributed by atoms with Crippen LogP contribution in [0.15, 0.2) is 47.4 Å².